The number of nitrogens with two attached hydrogens (primary N) is 1. The Morgan fingerprint density at radius 1 is 1.62 bits per heavy atom. The number of halogens is 1. The van der Waals surface area contributed by atoms with Gasteiger partial charge in [-0.15, -0.1) is 0 Å². The van der Waals surface area contributed by atoms with E-state index >= 15 is 0 Å². The number of hydrogen-bond donors (Lipinski definition) is 1. The van der Waals surface area contributed by atoms with Crippen molar-refractivity contribution in [3.63, 3.8) is 0 Å². The highest BCUT2D eigenvalue weighted by molar-refractivity contribution is 5.72. The number of amidine groups is 1. The Morgan fingerprint density at radius 3 is 2.69 bits per heavy atom. The third-order valence-corrected chi connectivity index (χ3v) is 2.38. The fourth-order valence-electron chi connectivity index (χ4n) is 1.56. The van der Waals surface area contributed by atoms with E-state index < -0.39 is 0 Å². The minimum Gasteiger partial charge on any atom is -1.00 e. The molecule has 1 fully saturated rings. The molecule has 3 nitrogen and oxygen atoms in total. The summed E-state index contributed by atoms with van der Waals surface area (Å²) < 4.78 is 7.51. The molecule has 1 saturated heterocycles. The SMILES string of the molecule is CC[N+](CC1CCOC1)=C(C)N.[I-]. The number of nitrogens with zero attached hydrogens (tertiary/aromatic N) is 1. The first kappa shape index (κ1) is 13.2. The summed E-state index contributed by atoms with van der Waals surface area (Å²) in [5, 5.41) is 0. The van der Waals surface area contributed by atoms with Gasteiger partial charge in [0, 0.05) is 19.4 Å². The lowest BCUT2D eigenvalue weighted by Crippen LogP contribution is -3.00. The summed E-state index contributed by atoms with van der Waals surface area (Å²) in [4.78, 5) is 0. The summed E-state index contributed by atoms with van der Waals surface area (Å²) in [5.41, 5.74) is 5.73. The van der Waals surface area contributed by atoms with E-state index in [1.165, 1.54) is 6.42 Å². The molecule has 78 valence electrons. The summed E-state index contributed by atoms with van der Waals surface area (Å²) >= 11 is 0. The highest BCUT2D eigenvalue weighted by Gasteiger charge is 2.18. The zero-order chi connectivity index (χ0) is 8.97. The van der Waals surface area contributed by atoms with Crippen LogP contribution in [-0.2, 0) is 4.74 Å². The van der Waals surface area contributed by atoms with Crippen molar-refractivity contribution in [2.24, 2.45) is 11.7 Å². The predicted octanol–water partition coefficient (Wildman–Crippen LogP) is -2.56. The van der Waals surface area contributed by atoms with Crippen molar-refractivity contribution >= 4 is 5.84 Å². The smallest absolute Gasteiger partial charge is 0.239 e. The van der Waals surface area contributed by atoms with E-state index in [4.69, 9.17) is 10.5 Å². The van der Waals surface area contributed by atoms with Gasteiger partial charge in [0.15, 0.2) is 0 Å². The van der Waals surface area contributed by atoms with Crippen LogP contribution in [0.5, 0.6) is 0 Å². The van der Waals surface area contributed by atoms with E-state index in [1.807, 2.05) is 6.92 Å². The van der Waals surface area contributed by atoms with Crippen molar-refractivity contribution in [1.29, 1.82) is 0 Å². The van der Waals surface area contributed by atoms with E-state index in [2.05, 4.69) is 11.5 Å². The van der Waals surface area contributed by atoms with Crippen LogP contribution >= 0.6 is 0 Å². The number of hydrogen-bond acceptors (Lipinski definition) is 1. The van der Waals surface area contributed by atoms with Gasteiger partial charge in [-0.25, -0.2) is 0 Å². The maximum atomic E-state index is 5.73. The molecule has 1 unspecified atom stereocenters. The van der Waals surface area contributed by atoms with Crippen LogP contribution in [0, 0.1) is 5.92 Å². The van der Waals surface area contributed by atoms with Gasteiger partial charge in [0.05, 0.1) is 19.7 Å². The van der Waals surface area contributed by atoms with Crippen LogP contribution < -0.4 is 29.7 Å². The summed E-state index contributed by atoms with van der Waals surface area (Å²) in [6.07, 6.45) is 1.18. The molecule has 2 N–H and O–H groups in total. The van der Waals surface area contributed by atoms with Crippen molar-refractivity contribution in [3.05, 3.63) is 0 Å². The molecule has 0 aromatic carbocycles. The lowest BCUT2D eigenvalue weighted by Gasteiger charge is -2.09. The molecule has 1 atom stereocenters. The van der Waals surface area contributed by atoms with Crippen molar-refractivity contribution in [2.75, 3.05) is 26.3 Å². The molecular weight excluding hydrogens is 279 g/mol. The molecule has 4 heteroatoms. The molecule has 1 rings (SSSR count). The molecule has 0 aromatic heterocycles. The highest BCUT2D eigenvalue weighted by atomic mass is 127. The average molecular weight is 298 g/mol. The number of rotatable bonds is 3. The van der Waals surface area contributed by atoms with Crippen molar-refractivity contribution in [1.82, 2.24) is 0 Å². The molecule has 0 saturated carbocycles. The zero-order valence-corrected chi connectivity index (χ0v) is 10.6. The lowest BCUT2D eigenvalue weighted by molar-refractivity contribution is -0.532. The Kier molecular flexibility index (Phi) is 6.67. The molecule has 0 radical (unpaired) electrons. The largest absolute Gasteiger partial charge is 1.00 e. The zero-order valence-electron chi connectivity index (χ0n) is 8.42. The van der Waals surface area contributed by atoms with Crippen molar-refractivity contribution in [2.45, 2.75) is 20.3 Å². The first-order valence-electron chi connectivity index (χ1n) is 4.65. The maximum Gasteiger partial charge on any atom is 0.239 e. The van der Waals surface area contributed by atoms with Gasteiger partial charge in [0.2, 0.25) is 5.84 Å². The third kappa shape index (κ3) is 4.26. The molecular formula is C9H19IN2O. The standard InChI is InChI=1S/C9H18N2O.HI/c1-3-11(8(2)10)6-9-4-5-12-7-9;/h9-10H,3-7H2,1-2H3;1H. The topological polar surface area (TPSA) is 38.3 Å². The van der Waals surface area contributed by atoms with Crippen LogP contribution in [0.25, 0.3) is 0 Å². The molecule has 1 aliphatic rings. The van der Waals surface area contributed by atoms with Crippen molar-refractivity contribution in [3.8, 4) is 0 Å². The monoisotopic (exact) mass is 298 g/mol. The lowest BCUT2D eigenvalue weighted by atomic mass is 10.1. The van der Waals surface area contributed by atoms with Gasteiger partial charge in [0.1, 0.15) is 0 Å². The minimum atomic E-state index is 0. The van der Waals surface area contributed by atoms with Gasteiger partial charge in [-0.3, -0.25) is 10.3 Å². The quantitative estimate of drug-likeness (QED) is 0.269. The molecule has 0 bridgehead atoms. The molecule has 1 heterocycles. The second-order valence-corrected chi connectivity index (χ2v) is 3.41. The summed E-state index contributed by atoms with van der Waals surface area (Å²) in [7, 11) is 0. The highest BCUT2D eigenvalue weighted by Crippen LogP contribution is 2.11. The van der Waals surface area contributed by atoms with E-state index in [-0.39, 0.29) is 24.0 Å². The van der Waals surface area contributed by atoms with Crippen LogP contribution in [0.1, 0.15) is 20.3 Å². The van der Waals surface area contributed by atoms with Crippen LogP contribution in [0.15, 0.2) is 0 Å². The Hall–Kier alpha value is 0.160. The first-order valence-corrected chi connectivity index (χ1v) is 4.65. The van der Waals surface area contributed by atoms with Crippen LogP contribution in [0.4, 0.5) is 0 Å². The molecule has 0 spiro atoms. The Bertz CT molecular complexity index is 172. The molecule has 13 heavy (non-hydrogen) atoms. The predicted molar refractivity (Wildman–Crippen MR) is 49.5 cm³/mol. The maximum absolute atomic E-state index is 5.73. The fourth-order valence-corrected chi connectivity index (χ4v) is 1.56. The molecule has 0 aliphatic carbocycles. The average Bonchev–Trinajstić information content (AvgIpc) is 2.51. The summed E-state index contributed by atoms with van der Waals surface area (Å²) in [5.74, 6) is 1.60. The van der Waals surface area contributed by atoms with Crippen LogP contribution in [-0.4, -0.2) is 36.7 Å². The molecule has 0 amide bonds. The van der Waals surface area contributed by atoms with Gasteiger partial charge in [-0.2, -0.15) is 0 Å². The van der Waals surface area contributed by atoms with Crippen molar-refractivity contribution < 1.29 is 33.3 Å². The van der Waals surface area contributed by atoms with Gasteiger partial charge >= 0.3 is 0 Å². The van der Waals surface area contributed by atoms with Gasteiger partial charge in [-0.1, -0.05) is 0 Å². The van der Waals surface area contributed by atoms with E-state index in [0.29, 0.717) is 5.92 Å². The molecule has 0 aromatic rings. The van der Waals surface area contributed by atoms with Crippen LogP contribution in [0.3, 0.4) is 0 Å². The Balaban J connectivity index is 0.00000144. The Morgan fingerprint density at radius 2 is 2.31 bits per heavy atom. The van der Waals surface area contributed by atoms with Crippen LogP contribution in [0.2, 0.25) is 0 Å². The second kappa shape index (κ2) is 6.59. The summed E-state index contributed by atoms with van der Waals surface area (Å²) in [6, 6.07) is 0. The minimum absolute atomic E-state index is 0. The first-order chi connectivity index (χ1) is 5.74. The number of ether oxygens (including phenoxy) is 1. The summed E-state index contributed by atoms with van der Waals surface area (Å²) in [6.45, 7) is 7.97. The van der Waals surface area contributed by atoms with E-state index in [0.717, 1.165) is 32.1 Å². The fraction of sp³-hybridized carbons (Fsp3) is 0.889. The van der Waals surface area contributed by atoms with Gasteiger partial charge < -0.3 is 28.7 Å². The van der Waals surface area contributed by atoms with E-state index in [9.17, 15) is 0 Å². The molecule has 1 aliphatic heterocycles. The van der Waals surface area contributed by atoms with Gasteiger partial charge in [0.25, 0.3) is 0 Å². The van der Waals surface area contributed by atoms with Gasteiger partial charge in [-0.05, 0) is 13.3 Å². The third-order valence-electron chi connectivity index (χ3n) is 2.38. The van der Waals surface area contributed by atoms with E-state index in [1.54, 1.807) is 0 Å². The second-order valence-electron chi connectivity index (χ2n) is 3.41. The normalized spacial score (nSPS) is 23.7. The Labute approximate surface area is 97.4 Å².